The molecule has 0 saturated carbocycles. The molecule has 1 fully saturated rings. The summed E-state index contributed by atoms with van der Waals surface area (Å²) in [7, 11) is 1.35. The Bertz CT molecular complexity index is 1000. The SMILES string of the molecule is COC(=O)c1cccc(-c2nc(N3CCOCC3)c3cc(O)ccc3n2)c1. The summed E-state index contributed by atoms with van der Waals surface area (Å²) in [5.41, 5.74) is 1.89. The molecule has 1 aliphatic heterocycles. The summed E-state index contributed by atoms with van der Waals surface area (Å²) < 4.78 is 10.2. The first kappa shape index (κ1) is 17.2. The second-order valence-corrected chi connectivity index (χ2v) is 6.24. The average Bonchev–Trinajstić information content (AvgIpc) is 2.73. The third-order valence-corrected chi connectivity index (χ3v) is 4.51. The molecule has 1 aliphatic rings. The third kappa shape index (κ3) is 3.41. The predicted octanol–water partition coefficient (Wildman–Crippen LogP) is 2.63. The van der Waals surface area contributed by atoms with Crippen molar-refractivity contribution in [1.29, 1.82) is 0 Å². The van der Waals surface area contributed by atoms with Crippen molar-refractivity contribution in [3.05, 3.63) is 48.0 Å². The first-order valence-corrected chi connectivity index (χ1v) is 8.68. The van der Waals surface area contributed by atoms with E-state index in [-0.39, 0.29) is 5.75 Å². The molecule has 0 amide bonds. The maximum Gasteiger partial charge on any atom is 0.337 e. The number of anilines is 1. The van der Waals surface area contributed by atoms with E-state index < -0.39 is 5.97 Å². The van der Waals surface area contributed by atoms with Gasteiger partial charge < -0.3 is 19.5 Å². The molecule has 7 nitrogen and oxygen atoms in total. The molecule has 0 atom stereocenters. The van der Waals surface area contributed by atoms with Crippen LogP contribution in [-0.2, 0) is 9.47 Å². The number of esters is 1. The van der Waals surface area contributed by atoms with Crippen LogP contribution in [0.25, 0.3) is 22.3 Å². The van der Waals surface area contributed by atoms with E-state index in [4.69, 9.17) is 14.5 Å². The first-order chi connectivity index (χ1) is 13.2. The largest absolute Gasteiger partial charge is 0.508 e. The number of hydrogen-bond donors (Lipinski definition) is 1. The van der Waals surface area contributed by atoms with Gasteiger partial charge in [-0.1, -0.05) is 12.1 Å². The highest BCUT2D eigenvalue weighted by atomic mass is 16.5. The van der Waals surface area contributed by atoms with Gasteiger partial charge in [0.05, 0.1) is 31.4 Å². The fraction of sp³-hybridized carbons (Fsp3) is 0.250. The Morgan fingerprint density at radius 2 is 1.96 bits per heavy atom. The van der Waals surface area contributed by atoms with Crippen molar-refractivity contribution in [2.24, 2.45) is 0 Å². The number of phenolic OH excluding ortho intramolecular Hbond substituents is 1. The summed E-state index contributed by atoms with van der Waals surface area (Å²) in [6, 6.07) is 12.1. The summed E-state index contributed by atoms with van der Waals surface area (Å²) in [6.07, 6.45) is 0. The summed E-state index contributed by atoms with van der Waals surface area (Å²) in [6.45, 7) is 2.67. The Kier molecular flexibility index (Phi) is 4.60. The minimum atomic E-state index is -0.407. The summed E-state index contributed by atoms with van der Waals surface area (Å²) in [4.78, 5) is 23.4. The highest BCUT2D eigenvalue weighted by molar-refractivity contribution is 5.93. The smallest absolute Gasteiger partial charge is 0.337 e. The van der Waals surface area contributed by atoms with Gasteiger partial charge in [-0.2, -0.15) is 0 Å². The van der Waals surface area contributed by atoms with Gasteiger partial charge in [0.1, 0.15) is 11.6 Å². The maximum absolute atomic E-state index is 11.8. The lowest BCUT2D eigenvalue weighted by Gasteiger charge is -2.29. The molecule has 2 aromatic carbocycles. The third-order valence-electron chi connectivity index (χ3n) is 4.51. The minimum Gasteiger partial charge on any atom is -0.508 e. The molecule has 4 rings (SSSR count). The van der Waals surface area contributed by atoms with Crippen LogP contribution in [-0.4, -0.2) is 54.5 Å². The monoisotopic (exact) mass is 365 g/mol. The van der Waals surface area contributed by atoms with Crippen LogP contribution in [0, 0.1) is 0 Å². The Hall–Kier alpha value is -3.19. The Morgan fingerprint density at radius 1 is 1.15 bits per heavy atom. The number of methoxy groups -OCH3 is 1. The van der Waals surface area contributed by atoms with Crippen LogP contribution in [0.5, 0.6) is 5.75 Å². The van der Waals surface area contributed by atoms with Crippen LogP contribution in [0.2, 0.25) is 0 Å². The van der Waals surface area contributed by atoms with Crippen LogP contribution in [0.3, 0.4) is 0 Å². The van der Waals surface area contributed by atoms with Gasteiger partial charge in [-0.05, 0) is 30.3 Å². The van der Waals surface area contributed by atoms with E-state index in [1.54, 1.807) is 36.4 Å². The predicted molar refractivity (Wildman–Crippen MR) is 101 cm³/mol. The molecule has 1 aromatic heterocycles. The molecule has 7 heteroatoms. The number of carbonyl (C=O) groups excluding carboxylic acids is 1. The number of nitrogens with zero attached hydrogens (tertiary/aromatic N) is 3. The van der Waals surface area contributed by atoms with E-state index in [0.29, 0.717) is 37.7 Å². The fourth-order valence-corrected chi connectivity index (χ4v) is 3.15. The Morgan fingerprint density at radius 3 is 2.74 bits per heavy atom. The van der Waals surface area contributed by atoms with Crippen molar-refractivity contribution in [3.8, 4) is 17.1 Å². The van der Waals surface area contributed by atoms with Gasteiger partial charge >= 0.3 is 5.97 Å². The number of benzene rings is 2. The zero-order valence-electron chi connectivity index (χ0n) is 14.9. The summed E-state index contributed by atoms with van der Waals surface area (Å²) >= 11 is 0. The van der Waals surface area contributed by atoms with Crippen LogP contribution in [0.15, 0.2) is 42.5 Å². The minimum absolute atomic E-state index is 0.168. The van der Waals surface area contributed by atoms with Gasteiger partial charge in [0.2, 0.25) is 0 Å². The van der Waals surface area contributed by atoms with E-state index in [0.717, 1.165) is 22.3 Å². The molecule has 27 heavy (non-hydrogen) atoms. The topological polar surface area (TPSA) is 84.8 Å². The molecule has 3 aromatic rings. The van der Waals surface area contributed by atoms with Crippen molar-refractivity contribution in [1.82, 2.24) is 9.97 Å². The quantitative estimate of drug-likeness (QED) is 0.714. The van der Waals surface area contributed by atoms with Crippen molar-refractivity contribution >= 4 is 22.7 Å². The normalized spacial score (nSPS) is 14.3. The number of morpholine rings is 1. The van der Waals surface area contributed by atoms with Crippen LogP contribution in [0.1, 0.15) is 10.4 Å². The van der Waals surface area contributed by atoms with E-state index in [1.807, 2.05) is 6.07 Å². The molecule has 1 saturated heterocycles. The van der Waals surface area contributed by atoms with Gasteiger partial charge in [-0.25, -0.2) is 14.8 Å². The zero-order chi connectivity index (χ0) is 18.8. The van der Waals surface area contributed by atoms with Gasteiger partial charge in [-0.3, -0.25) is 0 Å². The van der Waals surface area contributed by atoms with Gasteiger partial charge in [-0.15, -0.1) is 0 Å². The number of aromatic hydroxyl groups is 1. The Labute approximate surface area is 156 Å². The lowest BCUT2D eigenvalue weighted by Crippen LogP contribution is -2.37. The molecule has 0 spiro atoms. The molecule has 138 valence electrons. The molecule has 0 radical (unpaired) electrons. The fourth-order valence-electron chi connectivity index (χ4n) is 3.15. The second-order valence-electron chi connectivity index (χ2n) is 6.24. The Balaban J connectivity index is 1.87. The number of phenols is 1. The number of carbonyl (C=O) groups is 1. The van der Waals surface area contributed by atoms with Crippen LogP contribution >= 0.6 is 0 Å². The highest BCUT2D eigenvalue weighted by Crippen LogP contribution is 2.30. The van der Waals surface area contributed by atoms with Crippen molar-refractivity contribution in [2.45, 2.75) is 0 Å². The van der Waals surface area contributed by atoms with Crippen molar-refractivity contribution < 1.29 is 19.4 Å². The molecular formula is C20H19N3O4. The van der Waals surface area contributed by atoms with E-state index in [2.05, 4.69) is 9.88 Å². The van der Waals surface area contributed by atoms with Gasteiger partial charge in [0.15, 0.2) is 5.82 Å². The molecule has 0 unspecified atom stereocenters. The van der Waals surface area contributed by atoms with E-state index in [9.17, 15) is 9.90 Å². The number of ether oxygens (including phenoxy) is 2. The molecule has 0 aliphatic carbocycles. The summed E-state index contributed by atoms with van der Waals surface area (Å²) in [5, 5.41) is 10.7. The van der Waals surface area contributed by atoms with Gasteiger partial charge in [0, 0.05) is 24.0 Å². The maximum atomic E-state index is 11.8. The average molecular weight is 365 g/mol. The second kappa shape index (κ2) is 7.20. The molecule has 1 N–H and O–H groups in total. The van der Waals surface area contributed by atoms with E-state index >= 15 is 0 Å². The highest BCUT2D eigenvalue weighted by Gasteiger charge is 2.19. The molecular weight excluding hydrogens is 346 g/mol. The van der Waals surface area contributed by atoms with Crippen molar-refractivity contribution in [3.63, 3.8) is 0 Å². The lowest BCUT2D eigenvalue weighted by molar-refractivity contribution is 0.0601. The van der Waals surface area contributed by atoms with E-state index in [1.165, 1.54) is 7.11 Å². The molecule has 2 heterocycles. The van der Waals surface area contributed by atoms with Crippen molar-refractivity contribution in [2.75, 3.05) is 38.3 Å². The standard InChI is InChI=1S/C20H19N3O4/c1-26-20(25)14-4-2-3-13(11-14)18-21-17-6-5-15(24)12-16(17)19(22-18)23-7-9-27-10-8-23/h2-6,11-12,24H,7-10H2,1H3. The number of rotatable bonds is 3. The van der Waals surface area contributed by atoms with Crippen LogP contribution < -0.4 is 4.90 Å². The number of aromatic nitrogens is 2. The molecule has 0 bridgehead atoms. The van der Waals surface area contributed by atoms with Gasteiger partial charge in [0.25, 0.3) is 0 Å². The zero-order valence-corrected chi connectivity index (χ0v) is 14.9. The lowest BCUT2D eigenvalue weighted by atomic mass is 10.1. The summed E-state index contributed by atoms with van der Waals surface area (Å²) in [5.74, 6) is 1.02. The van der Waals surface area contributed by atoms with Crippen LogP contribution in [0.4, 0.5) is 5.82 Å². The first-order valence-electron chi connectivity index (χ1n) is 8.68. The number of fused-ring (bicyclic) bond motifs is 1. The number of hydrogen-bond acceptors (Lipinski definition) is 7.